The maximum atomic E-state index is 11.7. The minimum atomic E-state index is 0.156. The van der Waals surface area contributed by atoms with Gasteiger partial charge in [0.25, 0.3) is 0 Å². The molecule has 0 N–H and O–H groups in total. The van der Waals surface area contributed by atoms with Crippen LogP contribution in [-0.2, 0) is 0 Å². The summed E-state index contributed by atoms with van der Waals surface area (Å²) < 4.78 is 0.909. The van der Waals surface area contributed by atoms with Gasteiger partial charge < -0.3 is 0 Å². The molecular formula is C13H18BrNO. The van der Waals surface area contributed by atoms with E-state index >= 15 is 0 Å². The van der Waals surface area contributed by atoms with Crippen molar-refractivity contribution in [1.29, 1.82) is 0 Å². The molecule has 1 heterocycles. The van der Waals surface area contributed by atoms with Gasteiger partial charge in [0.05, 0.1) is 0 Å². The van der Waals surface area contributed by atoms with E-state index in [1.165, 1.54) is 19.3 Å². The van der Waals surface area contributed by atoms with E-state index in [0.29, 0.717) is 12.1 Å². The number of hydrogen-bond acceptors (Lipinski definition) is 2. The van der Waals surface area contributed by atoms with Crippen molar-refractivity contribution in [1.82, 2.24) is 4.98 Å². The fraction of sp³-hybridized carbons (Fsp3) is 0.538. The monoisotopic (exact) mass is 283 g/mol. The maximum Gasteiger partial charge on any atom is 0.181 e. The minimum absolute atomic E-state index is 0.156. The van der Waals surface area contributed by atoms with E-state index in [-0.39, 0.29) is 5.78 Å². The van der Waals surface area contributed by atoms with Crippen molar-refractivity contribution in [3.63, 3.8) is 0 Å². The van der Waals surface area contributed by atoms with Gasteiger partial charge in [-0.05, 0) is 34.5 Å². The van der Waals surface area contributed by atoms with Crippen LogP contribution in [0.1, 0.15) is 55.9 Å². The Hall–Kier alpha value is -0.700. The van der Waals surface area contributed by atoms with Crippen LogP contribution in [0.25, 0.3) is 0 Å². The Bertz CT molecular complexity index is 321. The van der Waals surface area contributed by atoms with Gasteiger partial charge in [0, 0.05) is 17.1 Å². The van der Waals surface area contributed by atoms with E-state index in [2.05, 4.69) is 27.8 Å². The number of unbranched alkanes of at least 4 members (excludes halogenated alkanes) is 4. The van der Waals surface area contributed by atoms with Crippen LogP contribution in [0.2, 0.25) is 0 Å². The van der Waals surface area contributed by atoms with E-state index in [9.17, 15) is 4.79 Å². The molecule has 0 unspecified atom stereocenters. The number of carbonyl (C=O) groups is 1. The maximum absolute atomic E-state index is 11.7. The van der Waals surface area contributed by atoms with Crippen molar-refractivity contribution >= 4 is 21.7 Å². The lowest BCUT2D eigenvalue weighted by Gasteiger charge is -2.00. The largest absolute Gasteiger partial charge is 0.292 e. The molecule has 2 nitrogen and oxygen atoms in total. The van der Waals surface area contributed by atoms with Crippen molar-refractivity contribution in [2.24, 2.45) is 0 Å². The first-order chi connectivity index (χ1) is 7.74. The van der Waals surface area contributed by atoms with Gasteiger partial charge in [0.2, 0.25) is 0 Å². The number of rotatable bonds is 7. The number of halogens is 1. The summed E-state index contributed by atoms with van der Waals surface area (Å²) in [5.41, 5.74) is 0.582. The Morgan fingerprint density at radius 2 is 2.00 bits per heavy atom. The highest BCUT2D eigenvalue weighted by Gasteiger charge is 2.06. The van der Waals surface area contributed by atoms with Crippen LogP contribution in [0.4, 0.5) is 0 Å². The zero-order valence-corrected chi connectivity index (χ0v) is 11.3. The second-order valence-corrected chi connectivity index (χ2v) is 4.86. The van der Waals surface area contributed by atoms with Crippen LogP contribution >= 0.6 is 15.9 Å². The lowest BCUT2D eigenvalue weighted by atomic mass is 10.1. The molecule has 0 saturated heterocycles. The van der Waals surface area contributed by atoms with Gasteiger partial charge >= 0.3 is 0 Å². The quantitative estimate of drug-likeness (QED) is 0.549. The lowest BCUT2D eigenvalue weighted by Crippen LogP contribution is -2.01. The normalized spacial score (nSPS) is 10.4. The summed E-state index contributed by atoms with van der Waals surface area (Å²) in [6, 6.07) is 3.63. The second kappa shape index (κ2) is 7.55. The van der Waals surface area contributed by atoms with Gasteiger partial charge in [0.15, 0.2) is 5.78 Å². The Balaban J connectivity index is 2.27. The summed E-state index contributed by atoms with van der Waals surface area (Å²) in [6.07, 6.45) is 8.17. The molecule has 0 aromatic carbocycles. The van der Waals surface area contributed by atoms with Crippen molar-refractivity contribution in [2.45, 2.75) is 45.4 Å². The smallest absolute Gasteiger partial charge is 0.181 e. The molecule has 0 aliphatic heterocycles. The van der Waals surface area contributed by atoms with Gasteiger partial charge in [0.1, 0.15) is 5.69 Å². The first-order valence-electron chi connectivity index (χ1n) is 5.88. The third kappa shape index (κ3) is 4.88. The number of aromatic nitrogens is 1. The van der Waals surface area contributed by atoms with E-state index in [1.807, 2.05) is 6.07 Å². The predicted octanol–water partition coefficient (Wildman–Crippen LogP) is 4.39. The molecule has 3 heteroatoms. The summed E-state index contributed by atoms with van der Waals surface area (Å²) in [5.74, 6) is 0.156. The Labute approximate surface area is 106 Å². The highest BCUT2D eigenvalue weighted by atomic mass is 79.9. The SMILES string of the molecule is CCCCCCCC(=O)c1ccc(Br)cn1. The highest BCUT2D eigenvalue weighted by molar-refractivity contribution is 9.10. The lowest BCUT2D eigenvalue weighted by molar-refractivity contribution is 0.0974. The molecule has 0 saturated carbocycles. The first-order valence-corrected chi connectivity index (χ1v) is 6.68. The number of ketones is 1. The van der Waals surface area contributed by atoms with E-state index in [1.54, 1.807) is 12.3 Å². The number of nitrogens with zero attached hydrogens (tertiary/aromatic N) is 1. The minimum Gasteiger partial charge on any atom is -0.292 e. The van der Waals surface area contributed by atoms with Crippen LogP contribution < -0.4 is 0 Å². The zero-order chi connectivity index (χ0) is 11.8. The van der Waals surface area contributed by atoms with Gasteiger partial charge in [-0.15, -0.1) is 0 Å². The van der Waals surface area contributed by atoms with Crippen molar-refractivity contribution in [3.05, 3.63) is 28.5 Å². The molecule has 0 aliphatic carbocycles. The van der Waals surface area contributed by atoms with E-state index in [0.717, 1.165) is 17.3 Å². The molecule has 0 spiro atoms. The van der Waals surface area contributed by atoms with Crippen LogP contribution in [0.5, 0.6) is 0 Å². The average Bonchev–Trinajstić information content (AvgIpc) is 2.29. The van der Waals surface area contributed by atoms with Crippen LogP contribution in [0.3, 0.4) is 0 Å². The molecule has 88 valence electrons. The molecule has 0 fully saturated rings. The summed E-state index contributed by atoms with van der Waals surface area (Å²) in [5, 5.41) is 0. The van der Waals surface area contributed by atoms with E-state index in [4.69, 9.17) is 0 Å². The molecule has 16 heavy (non-hydrogen) atoms. The first kappa shape index (κ1) is 13.4. The van der Waals surface area contributed by atoms with Crippen molar-refractivity contribution in [2.75, 3.05) is 0 Å². The zero-order valence-electron chi connectivity index (χ0n) is 9.71. The summed E-state index contributed by atoms with van der Waals surface area (Å²) >= 11 is 3.30. The van der Waals surface area contributed by atoms with E-state index < -0.39 is 0 Å². The number of Topliss-reactive ketones (excluding diaryl/α,β-unsaturated/α-hetero) is 1. The topological polar surface area (TPSA) is 30.0 Å². The van der Waals surface area contributed by atoms with Crippen molar-refractivity contribution < 1.29 is 4.79 Å². The molecule has 1 rings (SSSR count). The average molecular weight is 284 g/mol. The standard InChI is InChI=1S/C13H18BrNO/c1-2-3-4-5-6-7-13(16)12-9-8-11(14)10-15-12/h8-10H,2-7H2,1H3. The summed E-state index contributed by atoms with van der Waals surface area (Å²) in [4.78, 5) is 15.8. The van der Waals surface area contributed by atoms with Gasteiger partial charge in [-0.3, -0.25) is 9.78 Å². The highest BCUT2D eigenvalue weighted by Crippen LogP contribution is 2.11. The third-order valence-corrected chi connectivity index (χ3v) is 2.99. The molecule has 0 radical (unpaired) electrons. The predicted molar refractivity (Wildman–Crippen MR) is 69.6 cm³/mol. The molecule has 1 aromatic heterocycles. The Kier molecular flexibility index (Phi) is 6.31. The molecule has 0 bridgehead atoms. The van der Waals surface area contributed by atoms with Gasteiger partial charge in [-0.2, -0.15) is 0 Å². The number of carbonyl (C=O) groups excluding carboxylic acids is 1. The molecule has 0 atom stereocenters. The molecule has 0 aliphatic rings. The number of pyridine rings is 1. The van der Waals surface area contributed by atoms with Crippen LogP contribution in [-0.4, -0.2) is 10.8 Å². The van der Waals surface area contributed by atoms with Crippen LogP contribution in [0, 0.1) is 0 Å². The Morgan fingerprint density at radius 1 is 1.25 bits per heavy atom. The fourth-order valence-electron chi connectivity index (χ4n) is 1.56. The molecule has 1 aromatic rings. The summed E-state index contributed by atoms with van der Waals surface area (Å²) in [6.45, 7) is 2.19. The van der Waals surface area contributed by atoms with Crippen molar-refractivity contribution in [3.8, 4) is 0 Å². The van der Waals surface area contributed by atoms with Crippen LogP contribution in [0.15, 0.2) is 22.8 Å². The third-order valence-electron chi connectivity index (χ3n) is 2.52. The second-order valence-electron chi connectivity index (χ2n) is 3.95. The van der Waals surface area contributed by atoms with Gasteiger partial charge in [-0.1, -0.05) is 32.6 Å². The molecular weight excluding hydrogens is 266 g/mol. The fourth-order valence-corrected chi connectivity index (χ4v) is 1.79. The van der Waals surface area contributed by atoms with Gasteiger partial charge in [-0.25, -0.2) is 0 Å². The number of hydrogen-bond donors (Lipinski definition) is 0. The Morgan fingerprint density at radius 3 is 2.62 bits per heavy atom. The summed E-state index contributed by atoms with van der Waals surface area (Å²) in [7, 11) is 0. The molecule has 0 amide bonds.